The van der Waals surface area contributed by atoms with Crippen LogP contribution in [0.2, 0.25) is 0 Å². The SMILES string of the molecule is CN(C)[C@]1(c2ccccc2)CCN(C(=O)Cc2cn3ccsc3n2)C[C@H]1O. The molecule has 1 N–H and O–H groups in total. The Kier molecular flexibility index (Phi) is 4.75. The number of hydrogen-bond donors (Lipinski definition) is 1. The summed E-state index contributed by atoms with van der Waals surface area (Å²) in [4.78, 5) is 22.0. The Labute approximate surface area is 162 Å². The van der Waals surface area contributed by atoms with Gasteiger partial charge in [-0.3, -0.25) is 14.1 Å². The normalized spacial score (nSPS) is 23.3. The van der Waals surface area contributed by atoms with E-state index in [0.717, 1.165) is 16.2 Å². The number of β-amino-alcohol motifs (C(OH)–C–C–N with tert-alkyl or cyclic N) is 1. The van der Waals surface area contributed by atoms with Crippen LogP contribution in [0.15, 0.2) is 48.1 Å². The number of aliphatic hydroxyl groups excluding tert-OH is 1. The lowest BCUT2D eigenvalue weighted by Crippen LogP contribution is -2.61. The zero-order valence-corrected chi connectivity index (χ0v) is 16.4. The summed E-state index contributed by atoms with van der Waals surface area (Å²) in [6.07, 6.45) is 4.14. The number of carbonyl (C=O) groups is 1. The van der Waals surface area contributed by atoms with Crippen molar-refractivity contribution in [3.05, 3.63) is 59.4 Å². The van der Waals surface area contributed by atoms with Gasteiger partial charge < -0.3 is 10.0 Å². The third-order valence-electron chi connectivity index (χ3n) is 5.61. The first kappa shape index (κ1) is 18.2. The largest absolute Gasteiger partial charge is 0.389 e. The van der Waals surface area contributed by atoms with E-state index >= 15 is 0 Å². The summed E-state index contributed by atoms with van der Waals surface area (Å²) in [7, 11) is 3.98. The number of fused-ring (bicyclic) bond motifs is 1. The van der Waals surface area contributed by atoms with Crippen LogP contribution in [-0.4, -0.2) is 63.5 Å². The molecule has 0 bridgehead atoms. The summed E-state index contributed by atoms with van der Waals surface area (Å²) < 4.78 is 1.94. The molecule has 2 aromatic heterocycles. The van der Waals surface area contributed by atoms with Crippen molar-refractivity contribution >= 4 is 22.2 Å². The van der Waals surface area contributed by atoms with Gasteiger partial charge in [-0.05, 0) is 26.1 Å². The Balaban J connectivity index is 1.50. The maximum absolute atomic E-state index is 12.8. The standard InChI is InChI=1S/C20H24N4O2S/c1-22(2)20(15-6-4-3-5-7-15)8-9-23(14-17(20)25)18(26)12-16-13-24-10-11-27-19(24)21-16/h3-7,10-11,13,17,25H,8-9,12,14H2,1-2H3/t17-,20+/m1/s1. The number of piperidine rings is 1. The van der Waals surface area contributed by atoms with Crippen LogP contribution in [0.3, 0.4) is 0 Å². The van der Waals surface area contributed by atoms with Gasteiger partial charge in [0, 0.05) is 30.9 Å². The van der Waals surface area contributed by atoms with Crippen LogP contribution >= 0.6 is 11.3 Å². The monoisotopic (exact) mass is 384 g/mol. The summed E-state index contributed by atoms with van der Waals surface area (Å²) in [6.45, 7) is 0.944. The van der Waals surface area contributed by atoms with E-state index in [-0.39, 0.29) is 12.3 Å². The van der Waals surface area contributed by atoms with Crippen LogP contribution in [0.5, 0.6) is 0 Å². The number of imidazole rings is 1. The number of thiazole rings is 1. The Morgan fingerprint density at radius 3 is 2.81 bits per heavy atom. The summed E-state index contributed by atoms with van der Waals surface area (Å²) in [5.41, 5.74) is 1.38. The van der Waals surface area contributed by atoms with Gasteiger partial charge in [0.15, 0.2) is 4.96 Å². The van der Waals surface area contributed by atoms with Crippen molar-refractivity contribution in [1.29, 1.82) is 0 Å². The fraction of sp³-hybridized carbons (Fsp3) is 0.400. The molecule has 1 amide bonds. The smallest absolute Gasteiger partial charge is 0.228 e. The van der Waals surface area contributed by atoms with Crippen LogP contribution in [-0.2, 0) is 16.8 Å². The molecule has 3 heterocycles. The molecule has 27 heavy (non-hydrogen) atoms. The first-order valence-corrected chi connectivity index (χ1v) is 9.98. The number of likely N-dealkylation sites (N-methyl/N-ethyl adjacent to an activating group) is 1. The fourth-order valence-electron chi connectivity index (χ4n) is 4.12. The van der Waals surface area contributed by atoms with Crippen molar-refractivity contribution in [2.75, 3.05) is 27.2 Å². The molecule has 0 aliphatic carbocycles. The zero-order chi connectivity index (χ0) is 19.0. The second-order valence-corrected chi connectivity index (χ2v) is 8.17. The topological polar surface area (TPSA) is 61.1 Å². The molecule has 1 fully saturated rings. The number of benzene rings is 1. The number of rotatable bonds is 4. The van der Waals surface area contributed by atoms with Gasteiger partial charge in [0.05, 0.1) is 23.8 Å². The Morgan fingerprint density at radius 2 is 2.15 bits per heavy atom. The van der Waals surface area contributed by atoms with Gasteiger partial charge in [-0.1, -0.05) is 30.3 Å². The second-order valence-electron chi connectivity index (χ2n) is 7.29. The first-order valence-electron chi connectivity index (χ1n) is 9.10. The summed E-state index contributed by atoms with van der Waals surface area (Å²) >= 11 is 1.55. The van der Waals surface area contributed by atoms with E-state index in [9.17, 15) is 9.90 Å². The average molecular weight is 385 g/mol. The van der Waals surface area contributed by atoms with Crippen LogP contribution in [0.1, 0.15) is 17.7 Å². The minimum Gasteiger partial charge on any atom is -0.389 e. The number of aliphatic hydroxyl groups is 1. The van der Waals surface area contributed by atoms with Crippen molar-refractivity contribution in [2.24, 2.45) is 0 Å². The molecule has 1 saturated heterocycles. The number of aromatic nitrogens is 2. The predicted molar refractivity (Wildman–Crippen MR) is 106 cm³/mol. The lowest BCUT2D eigenvalue weighted by atomic mass is 9.77. The molecule has 2 atom stereocenters. The second kappa shape index (κ2) is 7.07. The average Bonchev–Trinajstić information content (AvgIpc) is 3.23. The molecule has 0 unspecified atom stereocenters. The number of hydrogen-bond acceptors (Lipinski definition) is 5. The van der Waals surface area contributed by atoms with E-state index in [2.05, 4.69) is 22.0 Å². The minimum absolute atomic E-state index is 0.0141. The van der Waals surface area contributed by atoms with E-state index in [0.29, 0.717) is 19.5 Å². The lowest BCUT2D eigenvalue weighted by molar-refractivity contribution is -0.140. The van der Waals surface area contributed by atoms with E-state index in [1.165, 1.54) is 0 Å². The van der Waals surface area contributed by atoms with Crippen molar-refractivity contribution < 1.29 is 9.90 Å². The molecule has 3 aromatic rings. The molecule has 4 rings (SSSR count). The van der Waals surface area contributed by atoms with Gasteiger partial charge in [0.25, 0.3) is 0 Å². The van der Waals surface area contributed by atoms with Gasteiger partial charge in [-0.2, -0.15) is 0 Å². The minimum atomic E-state index is -0.655. The van der Waals surface area contributed by atoms with Crippen LogP contribution in [0.25, 0.3) is 4.96 Å². The van der Waals surface area contributed by atoms with Crippen molar-refractivity contribution in [3.8, 4) is 0 Å². The Morgan fingerprint density at radius 1 is 1.37 bits per heavy atom. The van der Waals surface area contributed by atoms with Gasteiger partial charge in [0.2, 0.25) is 5.91 Å². The molecule has 1 aliphatic heterocycles. The molecule has 0 spiro atoms. The van der Waals surface area contributed by atoms with E-state index < -0.39 is 11.6 Å². The number of amides is 1. The van der Waals surface area contributed by atoms with Crippen LogP contribution < -0.4 is 0 Å². The zero-order valence-electron chi connectivity index (χ0n) is 15.6. The number of likely N-dealkylation sites (tertiary alicyclic amines) is 1. The van der Waals surface area contributed by atoms with Gasteiger partial charge in [0.1, 0.15) is 0 Å². The molecule has 0 radical (unpaired) electrons. The Bertz CT molecular complexity index is 907. The van der Waals surface area contributed by atoms with Crippen LogP contribution in [0.4, 0.5) is 0 Å². The van der Waals surface area contributed by atoms with Gasteiger partial charge in [-0.25, -0.2) is 4.98 Å². The summed E-state index contributed by atoms with van der Waals surface area (Å²) in [5.74, 6) is 0.0141. The van der Waals surface area contributed by atoms with Crippen molar-refractivity contribution in [2.45, 2.75) is 24.5 Å². The molecule has 7 heteroatoms. The highest BCUT2D eigenvalue weighted by Gasteiger charge is 2.46. The van der Waals surface area contributed by atoms with E-state index in [4.69, 9.17) is 0 Å². The summed E-state index contributed by atoms with van der Waals surface area (Å²) in [6, 6.07) is 10.1. The number of nitrogens with zero attached hydrogens (tertiary/aromatic N) is 4. The fourth-order valence-corrected chi connectivity index (χ4v) is 4.84. The summed E-state index contributed by atoms with van der Waals surface area (Å²) in [5, 5.41) is 13.0. The van der Waals surface area contributed by atoms with E-state index in [1.54, 1.807) is 16.2 Å². The third-order valence-corrected chi connectivity index (χ3v) is 6.38. The number of carbonyl (C=O) groups excluding carboxylic acids is 1. The van der Waals surface area contributed by atoms with Crippen molar-refractivity contribution in [3.63, 3.8) is 0 Å². The quantitative estimate of drug-likeness (QED) is 0.747. The highest BCUT2D eigenvalue weighted by molar-refractivity contribution is 7.15. The molecular formula is C20H24N4O2S. The Hall–Kier alpha value is -2.22. The van der Waals surface area contributed by atoms with E-state index in [1.807, 2.05) is 54.5 Å². The molecule has 0 saturated carbocycles. The highest BCUT2D eigenvalue weighted by atomic mass is 32.1. The van der Waals surface area contributed by atoms with Gasteiger partial charge in [-0.15, -0.1) is 11.3 Å². The maximum Gasteiger partial charge on any atom is 0.228 e. The molecule has 142 valence electrons. The molecule has 6 nitrogen and oxygen atoms in total. The lowest BCUT2D eigenvalue weighted by Gasteiger charge is -2.49. The first-order chi connectivity index (χ1) is 13.0. The third kappa shape index (κ3) is 3.16. The maximum atomic E-state index is 12.8. The van der Waals surface area contributed by atoms with Crippen molar-refractivity contribution in [1.82, 2.24) is 19.2 Å². The molecular weight excluding hydrogens is 360 g/mol. The molecule has 1 aliphatic rings. The predicted octanol–water partition coefficient (Wildman–Crippen LogP) is 1.99. The highest BCUT2D eigenvalue weighted by Crippen LogP contribution is 2.37. The van der Waals surface area contributed by atoms with Crippen LogP contribution in [0, 0.1) is 0 Å². The molecule has 1 aromatic carbocycles. The van der Waals surface area contributed by atoms with Gasteiger partial charge >= 0.3 is 0 Å².